The van der Waals surface area contributed by atoms with Crippen LogP contribution in [0.25, 0.3) is 0 Å². The van der Waals surface area contributed by atoms with Crippen molar-refractivity contribution < 1.29 is 9.21 Å². The summed E-state index contributed by atoms with van der Waals surface area (Å²) in [6, 6.07) is 17.5. The van der Waals surface area contributed by atoms with Crippen molar-refractivity contribution in [1.29, 1.82) is 0 Å². The molecule has 3 aromatic rings. The van der Waals surface area contributed by atoms with Crippen LogP contribution in [0.5, 0.6) is 0 Å². The lowest BCUT2D eigenvalue weighted by molar-refractivity contribution is 0.0989. The smallest absolute Gasteiger partial charge is 0.236 e. The summed E-state index contributed by atoms with van der Waals surface area (Å²) in [5.74, 6) is 0.777. The number of nitrogens with zero attached hydrogens (tertiary/aromatic N) is 2. The Kier molecular flexibility index (Phi) is 3.73. The number of hydrogen-bond donors (Lipinski definition) is 1. The number of carbonyl (C=O) groups excluding carboxylic acids is 1. The molecule has 0 radical (unpaired) electrons. The summed E-state index contributed by atoms with van der Waals surface area (Å²) in [6.45, 7) is 1.88. The molecule has 2 aromatic carbocycles. The number of rotatable bonds is 4. The molecular weight excluding hydrogens is 314 g/mol. The van der Waals surface area contributed by atoms with Gasteiger partial charge in [0.2, 0.25) is 11.8 Å². The van der Waals surface area contributed by atoms with Crippen LogP contribution < -0.4 is 5.73 Å². The molecule has 1 aliphatic carbocycles. The molecule has 0 amide bonds. The highest BCUT2D eigenvalue weighted by Gasteiger charge is 2.36. The highest BCUT2D eigenvalue weighted by atomic mass is 16.4. The maximum absolute atomic E-state index is 12.2. The van der Waals surface area contributed by atoms with Crippen LogP contribution >= 0.6 is 0 Å². The van der Waals surface area contributed by atoms with Gasteiger partial charge in [-0.15, -0.1) is 10.2 Å². The first-order valence-corrected chi connectivity index (χ1v) is 8.33. The molecule has 0 aliphatic heterocycles. The highest BCUT2D eigenvalue weighted by molar-refractivity contribution is 6.01. The molecule has 25 heavy (non-hydrogen) atoms. The Morgan fingerprint density at radius 2 is 1.84 bits per heavy atom. The summed E-state index contributed by atoms with van der Waals surface area (Å²) in [4.78, 5) is 12.2. The molecule has 126 valence electrons. The third kappa shape index (κ3) is 2.87. The Bertz CT molecular complexity index is 915. The summed E-state index contributed by atoms with van der Waals surface area (Å²) < 4.78 is 5.91. The first kappa shape index (κ1) is 15.7. The van der Waals surface area contributed by atoms with Crippen LogP contribution in [0, 0.1) is 0 Å². The van der Waals surface area contributed by atoms with Gasteiger partial charge >= 0.3 is 0 Å². The molecule has 4 rings (SSSR count). The van der Waals surface area contributed by atoms with Crippen LogP contribution in [0.15, 0.2) is 59.0 Å². The number of hydrogen-bond acceptors (Lipinski definition) is 5. The van der Waals surface area contributed by atoms with Gasteiger partial charge in [-0.25, -0.2) is 0 Å². The molecule has 1 aromatic heterocycles. The van der Waals surface area contributed by atoms with Crippen molar-refractivity contribution in [2.75, 3.05) is 0 Å². The standard InChI is InChI=1S/C20H19N3O2/c1-20(21,12-13-7-3-2-4-8-13)19-23-22-18(25-19)16-11-17(24)15-10-6-5-9-14(15)16/h2-10,16H,11-12,21H2,1H3/t16?,20-/m0/s1. The van der Waals surface area contributed by atoms with Crippen molar-refractivity contribution in [1.82, 2.24) is 10.2 Å². The number of benzene rings is 2. The SMILES string of the molecule is C[C@](N)(Cc1ccccc1)c1nnc(C2CC(=O)c3ccccc32)o1. The third-order valence-electron chi connectivity index (χ3n) is 4.67. The first-order chi connectivity index (χ1) is 12.0. The number of fused-ring (bicyclic) bond motifs is 1. The first-order valence-electron chi connectivity index (χ1n) is 8.33. The van der Waals surface area contributed by atoms with Crippen LogP contribution in [-0.2, 0) is 12.0 Å². The molecule has 5 nitrogen and oxygen atoms in total. The lowest BCUT2D eigenvalue weighted by Gasteiger charge is -2.20. The Labute approximate surface area is 145 Å². The van der Waals surface area contributed by atoms with Gasteiger partial charge in [0, 0.05) is 12.0 Å². The van der Waals surface area contributed by atoms with Crippen LogP contribution in [0.2, 0.25) is 0 Å². The average molecular weight is 333 g/mol. The maximum Gasteiger partial charge on any atom is 0.236 e. The molecule has 0 saturated carbocycles. The minimum atomic E-state index is -0.769. The largest absolute Gasteiger partial charge is 0.423 e. The van der Waals surface area contributed by atoms with Crippen molar-refractivity contribution >= 4 is 5.78 Å². The normalized spacial score (nSPS) is 18.8. The van der Waals surface area contributed by atoms with Gasteiger partial charge in [0.25, 0.3) is 0 Å². The van der Waals surface area contributed by atoms with Crippen molar-refractivity contribution in [2.45, 2.75) is 31.2 Å². The maximum atomic E-state index is 12.2. The second-order valence-electron chi connectivity index (χ2n) is 6.79. The zero-order valence-electron chi connectivity index (χ0n) is 14.0. The van der Waals surface area contributed by atoms with E-state index in [4.69, 9.17) is 10.2 Å². The zero-order chi connectivity index (χ0) is 17.4. The van der Waals surface area contributed by atoms with E-state index in [0.717, 1.165) is 16.7 Å². The van der Waals surface area contributed by atoms with E-state index in [1.54, 1.807) is 0 Å². The van der Waals surface area contributed by atoms with Gasteiger partial charge in [-0.3, -0.25) is 4.79 Å². The van der Waals surface area contributed by atoms with Crippen molar-refractivity contribution in [2.24, 2.45) is 5.73 Å². The fourth-order valence-corrected chi connectivity index (χ4v) is 3.38. The minimum Gasteiger partial charge on any atom is -0.423 e. The molecule has 2 N–H and O–H groups in total. The summed E-state index contributed by atoms with van der Waals surface area (Å²) in [6.07, 6.45) is 0.955. The molecule has 0 saturated heterocycles. The summed E-state index contributed by atoms with van der Waals surface area (Å²) in [5.41, 5.74) is 8.47. The summed E-state index contributed by atoms with van der Waals surface area (Å²) >= 11 is 0. The Morgan fingerprint density at radius 3 is 2.64 bits per heavy atom. The minimum absolute atomic E-state index is 0.111. The van der Waals surface area contributed by atoms with Crippen LogP contribution in [0.1, 0.15) is 52.5 Å². The van der Waals surface area contributed by atoms with E-state index < -0.39 is 5.54 Å². The number of nitrogens with two attached hydrogens (primary N) is 1. The molecule has 1 unspecified atom stereocenters. The van der Waals surface area contributed by atoms with Gasteiger partial charge in [0.05, 0.1) is 11.5 Å². The highest BCUT2D eigenvalue weighted by Crippen LogP contribution is 2.38. The monoisotopic (exact) mass is 333 g/mol. The van der Waals surface area contributed by atoms with Crippen LogP contribution in [-0.4, -0.2) is 16.0 Å². The summed E-state index contributed by atoms with van der Waals surface area (Å²) in [5, 5.41) is 8.36. The van der Waals surface area contributed by atoms with Gasteiger partial charge in [-0.05, 0) is 24.5 Å². The predicted molar refractivity (Wildman–Crippen MR) is 93.2 cm³/mol. The quantitative estimate of drug-likeness (QED) is 0.793. The molecular formula is C20H19N3O2. The van der Waals surface area contributed by atoms with E-state index >= 15 is 0 Å². The number of ketones is 1. The predicted octanol–water partition coefficient (Wildman–Crippen LogP) is 3.20. The van der Waals surface area contributed by atoms with E-state index in [9.17, 15) is 4.79 Å². The lowest BCUT2D eigenvalue weighted by atomic mass is 9.94. The molecule has 2 atom stereocenters. The Balaban J connectivity index is 1.62. The van der Waals surface area contributed by atoms with E-state index in [1.165, 1.54) is 0 Å². The number of aromatic nitrogens is 2. The number of carbonyl (C=O) groups is 1. The van der Waals surface area contributed by atoms with Crippen molar-refractivity contribution in [3.63, 3.8) is 0 Å². The summed E-state index contributed by atoms with van der Waals surface area (Å²) in [7, 11) is 0. The fraction of sp³-hybridized carbons (Fsp3) is 0.250. The van der Waals surface area contributed by atoms with Crippen molar-refractivity contribution in [3.05, 3.63) is 83.1 Å². The van der Waals surface area contributed by atoms with Crippen LogP contribution in [0.4, 0.5) is 0 Å². The second-order valence-corrected chi connectivity index (χ2v) is 6.79. The van der Waals surface area contributed by atoms with Gasteiger partial charge in [0.1, 0.15) is 0 Å². The molecule has 0 spiro atoms. The van der Waals surface area contributed by atoms with Crippen molar-refractivity contribution in [3.8, 4) is 0 Å². The van der Waals surface area contributed by atoms with E-state index in [-0.39, 0.29) is 11.7 Å². The third-order valence-corrected chi connectivity index (χ3v) is 4.67. The van der Waals surface area contributed by atoms with Gasteiger partial charge in [-0.1, -0.05) is 54.6 Å². The van der Waals surface area contributed by atoms with Gasteiger partial charge < -0.3 is 10.2 Å². The number of Topliss-reactive ketones (excluding diaryl/α,β-unsaturated/α-hetero) is 1. The van der Waals surface area contributed by atoms with Gasteiger partial charge in [-0.2, -0.15) is 0 Å². The second kappa shape index (κ2) is 5.93. The molecule has 1 heterocycles. The zero-order valence-corrected chi connectivity index (χ0v) is 14.0. The molecule has 5 heteroatoms. The lowest BCUT2D eigenvalue weighted by Crippen LogP contribution is -2.35. The Morgan fingerprint density at radius 1 is 1.12 bits per heavy atom. The van der Waals surface area contributed by atoms with Gasteiger partial charge in [0.15, 0.2) is 5.78 Å². The van der Waals surface area contributed by atoms with E-state index in [0.29, 0.717) is 24.6 Å². The Hall–Kier alpha value is -2.79. The average Bonchev–Trinajstić information content (AvgIpc) is 3.22. The van der Waals surface area contributed by atoms with E-state index in [2.05, 4.69) is 10.2 Å². The fourth-order valence-electron chi connectivity index (χ4n) is 3.38. The topological polar surface area (TPSA) is 82.0 Å². The molecule has 0 fully saturated rings. The molecule has 0 bridgehead atoms. The van der Waals surface area contributed by atoms with E-state index in [1.807, 2.05) is 61.5 Å². The van der Waals surface area contributed by atoms with Crippen LogP contribution in [0.3, 0.4) is 0 Å². The molecule has 1 aliphatic rings.